The normalized spacial score (nSPS) is 50.8. The molecule has 5 rings (SSSR count). The van der Waals surface area contributed by atoms with E-state index in [1.54, 1.807) is 51.4 Å². The molecule has 0 aliphatic heterocycles. The highest BCUT2D eigenvalue weighted by molar-refractivity contribution is 5.30. The first kappa shape index (κ1) is 11.8. The van der Waals surface area contributed by atoms with Crippen LogP contribution in [-0.4, -0.2) is 0 Å². The van der Waals surface area contributed by atoms with Crippen LogP contribution in [0.3, 0.4) is 0 Å². The van der Waals surface area contributed by atoms with E-state index in [0.717, 1.165) is 16.2 Å². The van der Waals surface area contributed by atoms with Crippen molar-refractivity contribution in [3.05, 3.63) is 0 Å². The monoisotopic (exact) mass is 246 g/mol. The second-order valence-electron chi connectivity index (χ2n) is 8.59. The van der Waals surface area contributed by atoms with E-state index in [0.29, 0.717) is 0 Å². The minimum absolute atomic E-state index is 0.865. The summed E-state index contributed by atoms with van der Waals surface area (Å²) in [6.45, 7) is 2.32. The molecule has 0 nitrogen and oxygen atoms in total. The first-order chi connectivity index (χ1) is 8.72. The Morgan fingerprint density at radius 2 is 1.44 bits per heavy atom. The average Bonchev–Trinajstić information content (AvgIpc) is 2.71. The molecule has 5 aliphatic rings. The Balaban J connectivity index is 1.27. The Bertz CT molecular complexity index is 324. The minimum atomic E-state index is 0.865. The van der Waals surface area contributed by atoms with Crippen molar-refractivity contribution >= 4 is 0 Å². The van der Waals surface area contributed by atoms with Crippen LogP contribution < -0.4 is 0 Å². The summed E-state index contributed by atoms with van der Waals surface area (Å²) in [7, 11) is 0. The van der Waals surface area contributed by atoms with Gasteiger partial charge in [0.05, 0.1) is 0 Å². The fourth-order valence-corrected chi connectivity index (χ4v) is 6.96. The summed E-state index contributed by atoms with van der Waals surface area (Å²) < 4.78 is 0. The number of unbranched alkanes of at least 4 members (excludes halogenated alkanes) is 5. The molecule has 18 heavy (non-hydrogen) atoms. The minimum Gasteiger partial charge on any atom is -0.0654 e. The molecule has 102 valence electrons. The second-order valence-corrected chi connectivity index (χ2v) is 8.59. The molecule has 0 aromatic heterocycles. The van der Waals surface area contributed by atoms with Gasteiger partial charge in [-0.15, -0.1) is 0 Å². The molecule has 2 unspecified atom stereocenters. The fraction of sp³-hybridized carbons (Fsp3) is 1.00. The Morgan fingerprint density at radius 3 is 2.11 bits per heavy atom. The molecule has 2 spiro atoms. The van der Waals surface area contributed by atoms with Gasteiger partial charge < -0.3 is 0 Å². The van der Waals surface area contributed by atoms with E-state index in [2.05, 4.69) is 6.92 Å². The van der Waals surface area contributed by atoms with Gasteiger partial charge in [-0.05, 0) is 67.1 Å². The number of rotatable bonds is 7. The number of hydrogen-bond acceptors (Lipinski definition) is 0. The lowest BCUT2D eigenvalue weighted by molar-refractivity contribution is 0.0754. The maximum atomic E-state index is 2.32. The van der Waals surface area contributed by atoms with Crippen molar-refractivity contribution in [3.63, 3.8) is 0 Å². The van der Waals surface area contributed by atoms with Crippen molar-refractivity contribution in [2.75, 3.05) is 0 Å². The van der Waals surface area contributed by atoms with Crippen LogP contribution >= 0.6 is 0 Å². The Kier molecular flexibility index (Phi) is 2.47. The molecule has 0 heterocycles. The summed E-state index contributed by atoms with van der Waals surface area (Å²) in [6.07, 6.45) is 20.4. The van der Waals surface area contributed by atoms with Gasteiger partial charge in [-0.1, -0.05) is 45.4 Å². The van der Waals surface area contributed by atoms with Gasteiger partial charge in [0.25, 0.3) is 0 Å². The molecule has 0 amide bonds. The van der Waals surface area contributed by atoms with Crippen molar-refractivity contribution in [3.8, 4) is 0 Å². The van der Waals surface area contributed by atoms with Crippen LogP contribution in [0.1, 0.15) is 90.4 Å². The van der Waals surface area contributed by atoms with E-state index < -0.39 is 0 Å². The highest BCUT2D eigenvalue weighted by atomic mass is 14.8. The van der Waals surface area contributed by atoms with Gasteiger partial charge in [0.15, 0.2) is 0 Å². The Morgan fingerprint density at radius 1 is 0.778 bits per heavy atom. The van der Waals surface area contributed by atoms with Crippen molar-refractivity contribution in [1.82, 2.24) is 0 Å². The topological polar surface area (TPSA) is 0 Å². The summed E-state index contributed by atoms with van der Waals surface area (Å²) in [5.74, 6) is 1.17. The van der Waals surface area contributed by atoms with Crippen LogP contribution in [0.15, 0.2) is 0 Å². The lowest BCUT2D eigenvalue weighted by atomic mass is 9.62. The molecule has 4 bridgehead atoms. The van der Waals surface area contributed by atoms with Gasteiger partial charge in [0, 0.05) is 0 Å². The fourth-order valence-electron chi connectivity index (χ4n) is 6.96. The van der Waals surface area contributed by atoms with Crippen molar-refractivity contribution < 1.29 is 0 Å². The standard InChI is InChI=1S/C18H30/c1-2-3-4-5-6-7-8-16-9-15-10-17(12-16)14-18(17,11-15)13-16/h15H,2-14H2,1H3. The first-order valence-electron chi connectivity index (χ1n) is 8.72. The maximum absolute atomic E-state index is 2.32. The van der Waals surface area contributed by atoms with Crippen LogP contribution in [-0.2, 0) is 0 Å². The van der Waals surface area contributed by atoms with Gasteiger partial charge >= 0.3 is 0 Å². The molecule has 0 heteroatoms. The van der Waals surface area contributed by atoms with E-state index in [1.165, 1.54) is 38.0 Å². The zero-order valence-electron chi connectivity index (χ0n) is 12.3. The molecule has 0 N–H and O–H groups in total. The van der Waals surface area contributed by atoms with Crippen LogP contribution in [0.25, 0.3) is 0 Å². The predicted octanol–water partition coefficient (Wildman–Crippen LogP) is 5.71. The van der Waals surface area contributed by atoms with E-state index in [4.69, 9.17) is 0 Å². The summed E-state index contributed by atoms with van der Waals surface area (Å²) >= 11 is 0. The molecule has 0 aromatic carbocycles. The van der Waals surface area contributed by atoms with Crippen LogP contribution in [0.5, 0.6) is 0 Å². The van der Waals surface area contributed by atoms with Crippen molar-refractivity contribution in [1.29, 1.82) is 0 Å². The molecule has 0 saturated heterocycles. The summed E-state index contributed by atoms with van der Waals surface area (Å²) in [5, 5.41) is 0. The Labute approximate surface area is 113 Å². The number of hydrogen-bond donors (Lipinski definition) is 0. The summed E-state index contributed by atoms with van der Waals surface area (Å²) in [6, 6.07) is 0. The Hall–Kier alpha value is 0. The van der Waals surface area contributed by atoms with Crippen molar-refractivity contribution in [2.24, 2.45) is 22.2 Å². The van der Waals surface area contributed by atoms with Gasteiger partial charge in [-0.25, -0.2) is 0 Å². The lowest BCUT2D eigenvalue weighted by Crippen LogP contribution is -2.32. The lowest BCUT2D eigenvalue weighted by Gasteiger charge is -2.43. The van der Waals surface area contributed by atoms with Crippen LogP contribution in [0.4, 0.5) is 0 Å². The van der Waals surface area contributed by atoms with Crippen LogP contribution in [0, 0.1) is 22.2 Å². The van der Waals surface area contributed by atoms with E-state index in [9.17, 15) is 0 Å². The zero-order chi connectivity index (χ0) is 12.3. The summed E-state index contributed by atoms with van der Waals surface area (Å²) in [4.78, 5) is 0. The van der Waals surface area contributed by atoms with Gasteiger partial charge in [0.1, 0.15) is 0 Å². The third-order valence-corrected chi connectivity index (χ3v) is 7.24. The summed E-state index contributed by atoms with van der Waals surface area (Å²) in [5.41, 5.74) is 2.72. The third-order valence-electron chi connectivity index (χ3n) is 7.24. The molecular weight excluding hydrogens is 216 g/mol. The van der Waals surface area contributed by atoms with E-state index in [1.807, 2.05) is 0 Å². The zero-order valence-corrected chi connectivity index (χ0v) is 12.3. The molecule has 2 atom stereocenters. The highest BCUT2D eigenvalue weighted by Gasteiger charge is 2.81. The largest absolute Gasteiger partial charge is 0.0654 e. The smallest absolute Gasteiger partial charge is 0.0227 e. The first-order valence-corrected chi connectivity index (χ1v) is 8.72. The molecular formula is C18H30. The maximum Gasteiger partial charge on any atom is -0.0227 e. The van der Waals surface area contributed by atoms with E-state index >= 15 is 0 Å². The third kappa shape index (κ3) is 1.50. The quantitative estimate of drug-likeness (QED) is 0.505. The molecule has 5 fully saturated rings. The molecule has 0 aromatic rings. The highest BCUT2D eigenvalue weighted by Crippen LogP contribution is 2.90. The molecule has 5 aliphatic carbocycles. The molecule has 0 radical (unpaired) electrons. The molecule has 5 saturated carbocycles. The van der Waals surface area contributed by atoms with Crippen LogP contribution in [0.2, 0.25) is 0 Å². The van der Waals surface area contributed by atoms with Gasteiger partial charge in [-0.3, -0.25) is 0 Å². The SMILES string of the molecule is CCCCCCCCC12CC3CC4(C1)CC4(C3)C2. The van der Waals surface area contributed by atoms with E-state index in [-0.39, 0.29) is 0 Å². The van der Waals surface area contributed by atoms with Crippen molar-refractivity contribution in [2.45, 2.75) is 90.4 Å². The van der Waals surface area contributed by atoms with Gasteiger partial charge in [-0.2, -0.15) is 0 Å². The second kappa shape index (κ2) is 3.76. The van der Waals surface area contributed by atoms with Gasteiger partial charge in [0.2, 0.25) is 0 Å². The predicted molar refractivity (Wildman–Crippen MR) is 76.5 cm³/mol. The average molecular weight is 246 g/mol.